The van der Waals surface area contributed by atoms with Crippen LogP contribution in [0.2, 0.25) is 0 Å². The number of phenolic OH excluding ortho intramolecular Hbond substituents is 1. The predicted molar refractivity (Wildman–Crippen MR) is 78.6 cm³/mol. The predicted octanol–water partition coefficient (Wildman–Crippen LogP) is 1.69. The van der Waals surface area contributed by atoms with E-state index in [-0.39, 0.29) is 17.7 Å². The summed E-state index contributed by atoms with van der Waals surface area (Å²) in [6.07, 6.45) is 0.696. The Morgan fingerprint density at radius 3 is 2.35 bits per heavy atom. The number of hydrogen-bond acceptors (Lipinski definition) is 3. The van der Waals surface area contributed by atoms with Gasteiger partial charge in [-0.3, -0.25) is 4.79 Å². The van der Waals surface area contributed by atoms with Gasteiger partial charge in [-0.05, 0) is 36.2 Å². The largest absolute Gasteiger partial charge is 0.508 e. The van der Waals surface area contributed by atoms with Crippen LogP contribution in [0.5, 0.6) is 5.75 Å². The first-order chi connectivity index (χ1) is 9.69. The van der Waals surface area contributed by atoms with Crippen molar-refractivity contribution in [1.29, 1.82) is 0 Å². The van der Waals surface area contributed by atoms with Gasteiger partial charge < -0.3 is 16.2 Å². The Bertz CT molecular complexity index is 552. The molecule has 4 heteroatoms. The molecule has 4 nitrogen and oxygen atoms in total. The molecule has 0 aromatic heterocycles. The second kappa shape index (κ2) is 6.73. The first-order valence-corrected chi connectivity index (χ1v) is 6.53. The Morgan fingerprint density at radius 2 is 1.75 bits per heavy atom. The molecule has 104 valence electrons. The Kier molecular flexibility index (Phi) is 4.74. The standard InChI is InChI=1S/C16H18N2O2/c17-11-14(10-12-4-2-1-3-5-12)18-16(20)13-6-8-15(19)9-7-13/h1-9,14,19H,10-11,17H2,(H,18,20). The molecule has 1 amide bonds. The van der Waals surface area contributed by atoms with Crippen molar-refractivity contribution in [3.63, 3.8) is 0 Å². The molecule has 0 radical (unpaired) electrons. The van der Waals surface area contributed by atoms with E-state index in [0.29, 0.717) is 18.5 Å². The number of hydrogen-bond donors (Lipinski definition) is 3. The van der Waals surface area contributed by atoms with Gasteiger partial charge in [-0.1, -0.05) is 30.3 Å². The molecular formula is C16H18N2O2. The number of phenols is 1. The molecule has 20 heavy (non-hydrogen) atoms. The van der Waals surface area contributed by atoms with Gasteiger partial charge in [0.25, 0.3) is 5.91 Å². The first-order valence-electron chi connectivity index (χ1n) is 6.53. The Hall–Kier alpha value is -2.33. The van der Waals surface area contributed by atoms with Gasteiger partial charge in [0.2, 0.25) is 0 Å². The maximum absolute atomic E-state index is 12.1. The van der Waals surface area contributed by atoms with Gasteiger partial charge in [-0.15, -0.1) is 0 Å². The number of amides is 1. The van der Waals surface area contributed by atoms with Crippen molar-refractivity contribution >= 4 is 5.91 Å². The number of carbonyl (C=O) groups excluding carboxylic acids is 1. The van der Waals surface area contributed by atoms with Crippen molar-refractivity contribution in [2.45, 2.75) is 12.5 Å². The quantitative estimate of drug-likeness (QED) is 0.774. The van der Waals surface area contributed by atoms with Crippen LogP contribution in [0.15, 0.2) is 54.6 Å². The van der Waals surface area contributed by atoms with Crippen molar-refractivity contribution in [2.24, 2.45) is 5.73 Å². The van der Waals surface area contributed by atoms with E-state index in [1.807, 2.05) is 30.3 Å². The van der Waals surface area contributed by atoms with Crippen molar-refractivity contribution in [3.05, 3.63) is 65.7 Å². The van der Waals surface area contributed by atoms with Crippen LogP contribution in [0.4, 0.5) is 0 Å². The zero-order valence-corrected chi connectivity index (χ0v) is 11.1. The first kappa shape index (κ1) is 14.1. The molecule has 4 N–H and O–H groups in total. The molecule has 2 aromatic rings. The second-order valence-electron chi connectivity index (χ2n) is 4.64. The molecule has 0 spiro atoms. The molecule has 0 saturated heterocycles. The highest BCUT2D eigenvalue weighted by molar-refractivity contribution is 5.94. The molecular weight excluding hydrogens is 252 g/mol. The summed E-state index contributed by atoms with van der Waals surface area (Å²) >= 11 is 0. The van der Waals surface area contributed by atoms with Crippen LogP contribution in [0.25, 0.3) is 0 Å². The van der Waals surface area contributed by atoms with Crippen molar-refractivity contribution in [3.8, 4) is 5.75 Å². The summed E-state index contributed by atoms with van der Waals surface area (Å²) in [6.45, 7) is 0.374. The van der Waals surface area contributed by atoms with E-state index in [0.717, 1.165) is 5.56 Å². The Labute approximate surface area is 118 Å². The van der Waals surface area contributed by atoms with Gasteiger partial charge in [-0.2, -0.15) is 0 Å². The van der Waals surface area contributed by atoms with E-state index in [4.69, 9.17) is 5.73 Å². The fraction of sp³-hybridized carbons (Fsp3) is 0.188. The number of aromatic hydroxyl groups is 1. The molecule has 0 bridgehead atoms. The summed E-state index contributed by atoms with van der Waals surface area (Å²) in [5.41, 5.74) is 7.36. The van der Waals surface area contributed by atoms with Crippen molar-refractivity contribution < 1.29 is 9.90 Å². The van der Waals surface area contributed by atoms with Crippen LogP contribution < -0.4 is 11.1 Å². The molecule has 0 aliphatic rings. The highest BCUT2D eigenvalue weighted by Gasteiger charge is 2.12. The summed E-state index contributed by atoms with van der Waals surface area (Å²) in [4.78, 5) is 12.1. The lowest BCUT2D eigenvalue weighted by Gasteiger charge is -2.17. The molecule has 1 unspecified atom stereocenters. The number of rotatable bonds is 5. The molecule has 0 heterocycles. The van der Waals surface area contributed by atoms with E-state index >= 15 is 0 Å². The second-order valence-corrected chi connectivity index (χ2v) is 4.64. The van der Waals surface area contributed by atoms with Crippen LogP contribution in [-0.4, -0.2) is 23.6 Å². The van der Waals surface area contributed by atoms with Crippen LogP contribution in [0.3, 0.4) is 0 Å². The van der Waals surface area contributed by atoms with E-state index in [1.54, 1.807) is 12.1 Å². The molecule has 0 aliphatic heterocycles. The molecule has 1 atom stereocenters. The van der Waals surface area contributed by atoms with Gasteiger partial charge in [-0.25, -0.2) is 0 Å². The van der Waals surface area contributed by atoms with Gasteiger partial charge in [0, 0.05) is 18.2 Å². The van der Waals surface area contributed by atoms with Gasteiger partial charge in [0.15, 0.2) is 0 Å². The van der Waals surface area contributed by atoms with Crippen LogP contribution in [-0.2, 0) is 6.42 Å². The topological polar surface area (TPSA) is 75.3 Å². The van der Waals surface area contributed by atoms with E-state index in [2.05, 4.69) is 5.32 Å². The molecule has 0 saturated carbocycles. The van der Waals surface area contributed by atoms with E-state index in [9.17, 15) is 9.90 Å². The maximum Gasteiger partial charge on any atom is 0.251 e. The summed E-state index contributed by atoms with van der Waals surface area (Å²) in [5, 5.41) is 12.1. The third-order valence-corrected chi connectivity index (χ3v) is 3.07. The summed E-state index contributed by atoms with van der Waals surface area (Å²) in [6, 6.07) is 15.9. The average molecular weight is 270 g/mol. The molecule has 0 aliphatic carbocycles. The lowest BCUT2D eigenvalue weighted by molar-refractivity contribution is 0.0938. The van der Waals surface area contributed by atoms with Gasteiger partial charge in [0.1, 0.15) is 5.75 Å². The lowest BCUT2D eigenvalue weighted by atomic mass is 10.1. The number of carbonyl (C=O) groups is 1. The zero-order chi connectivity index (χ0) is 14.4. The number of nitrogens with two attached hydrogens (primary N) is 1. The fourth-order valence-electron chi connectivity index (χ4n) is 1.97. The minimum atomic E-state index is -0.184. The summed E-state index contributed by atoms with van der Waals surface area (Å²) < 4.78 is 0. The number of nitrogens with one attached hydrogen (secondary N) is 1. The van der Waals surface area contributed by atoms with Gasteiger partial charge in [0.05, 0.1) is 0 Å². The molecule has 0 fully saturated rings. The Morgan fingerprint density at radius 1 is 1.10 bits per heavy atom. The summed E-state index contributed by atoms with van der Waals surface area (Å²) in [5.74, 6) is -0.0439. The summed E-state index contributed by atoms with van der Waals surface area (Å²) in [7, 11) is 0. The average Bonchev–Trinajstić information content (AvgIpc) is 2.48. The van der Waals surface area contributed by atoms with E-state index < -0.39 is 0 Å². The maximum atomic E-state index is 12.1. The normalized spacial score (nSPS) is 11.8. The van der Waals surface area contributed by atoms with Crippen molar-refractivity contribution in [2.75, 3.05) is 6.54 Å². The lowest BCUT2D eigenvalue weighted by Crippen LogP contribution is -2.41. The van der Waals surface area contributed by atoms with Crippen molar-refractivity contribution in [1.82, 2.24) is 5.32 Å². The minimum Gasteiger partial charge on any atom is -0.508 e. The highest BCUT2D eigenvalue weighted by Crippen LogP contribution is 2.10. The van der Waals surface area contributed by atoms with Crippen LogP contribution in [0.1, 0.15) is 15.9 Å². The van der Waals surface area contributed by atoms with Crippen LogP contribution in [0, 0.1) is 0 Å². The Balaban J connectivity index is 1.99. The van der Waals surface area contributed by atoms with Crippen LogP contribution >= 0.6 is 0 Å². The smallest absolute Gasteiger partial charge is 0.251 e. The van der Waals surface area contributed by atoms with E-state index in [1.165, 1.54) is 12.1 Å². The third-order valence-electron chi connectivity index (χ3n) is 3.07. The minimum absolute atomic E-state index is 0.112. The fourth-order valence-corrected chi connectivity index (χ4v) is 1.97. The SMILES string of the molecule is NCC(Cc1ccccc1)NC(=O)c1ccc(O)cc1. The molecule has 2 aromatic carbocycles. The van der Waals surface area contributed by atoms with Gasteiger partial charge >= 0.3 is 0 Å². The monoisotopic (exact) mass is 270 g/mol. The third kappa shape index (κ3) is 3.83. The molecule has 2 rings (SSSR count). The number of benzene rings is 2. The highest BCUT2D eigenvalue weighted by atomic mass is 16.3. The zero-order valence-electron chi connectivity index (χ0n) is 11.1.